The van der Waals surface area contributed by atoms with Crippen molar-refractivity contribution in [2.24, 2.45) is 0 Å². The van der Waals surface area contributed by atoms with Crippen molar-refractivity contribution in [3.8, 4) is 0 Å². The van der Waals surface area contributed by atoms with Crippen molar-refractivity contribution < 1.29 is 5.11 Å². The van der Waals surface area contributed by atoms with Gasteiger partial charge in [0.05, 0.1) is 17.7 Å². The van der Waals surface area contributed by atoms with Gasteiger partial charge in [0, 0.05) is 34.6 Å². The molecular formula is C32H33ClN2OS. The third-order valence-electron chi connectivity index (χ3n) is 7.80. The first-order chi connectivity index (χ1) is 18.2. The van der Waals surface area contributed by atoms with Gasteiger partial charge in [0.25, 0.3) is 0 Å². The minimum Gasteiger partial charge on any atom is -0.392 e. The fraction of sp³-hybridized carbons (Fsp3) is 0.312. The lowest BCUT2D eigenvalue weighted by Gasteiger charge is -2.35. The Hall–Kier alpha value is -2.47. The van der Waals surface area contributed by atoms with Gasteiger partial charge in [-0.3, -0.25) is 9.80 Å². The highest BCUT2D eigenvalue weighted by molar-refractivity contribution is 7.19. The predicted octanol–water partition coefficient (Wildman–Crippen LogP) is 7.67. The van der Waals surface area contributed by atoms with E-state index in [-0.39, 0.29) is 12.6 Å². The smallest absolute Gasteiger partial charge is 0.0681 e. The Kier molecular flexibility index (Phi) is 7.46. The SMILES string of the molecule is OCc1ccc(C2=CC(c3ccc(CN4CCCC4)cc3)N(Cc3sc4ccccc4c3Cl)CC2)cc1. The highest BCUT2D eigenvalue weighted by atomic mass is 35.5. The topological polar surface area (TPSA) is 26.7 Å². The maximum atomic E-state index is 9.46. The van der Waals surface area contributed by atoms with Gasteiger partial charge in [-0.25, -0.2) is 0 Å². The van der Waals surface area contributed by atoms with E-state index < -0.39 is 0 Å². The molecule has 0 bridgehead atoms. The summed E-state index contributed by atoms with van der Waals surface area (Å²) in [6, 6.07) is 26.2. The van der Waals surface area contributed by atoms with Crippen LogP contribution in [0.1, 0.15) is 52.4 Å². The summed E-state index contributed by atoms with van der Waals surface area (Å²) in [6.07, 6.45) is 6.07. The monoisotopic (exact) mass is 528 g/mol. The number of likely N-dealkylation sites (tertiary alicyclic amines) is 1. The van der Waals surface area contributed by atoms with E-state index >= 15 is 0 Å². The summed E-state index contributed by atoms with van der Waals surface area (Å²) in [5.41, 5.74) is 6.28. The van der Waals surface area contributed by atoms with Crippen LogP contribution in [0.25, 0.3) is 15.7 Å². The molecule has 5 heteroatoms. The van der Waals surface area contributed by atoms with Crippen LogP contribution in [-0.2, 0) is 19.7 Å². The van der Waals surface area contributed by atoms with Crippen molar-refractivity contribution in [3.63, 3.8) is 0 Å². The lowest BCUT2D eigenvalue weighted by molar-refractivity contribution is 0.221. The van der Waals surface area contributed by atoms with E-state index in [9.17, 15) is 5.11 Å². The van der Waals surface area contributed by atoms with E-state index in [0.717, 1.165) is 42.0 Å². The summed E-state index contributed by atoms with van der Waals surface area (Å²) in [5.74, 6) is 0. The summed E-state index contributed by atoms with van der Waals surface area (Å²) in [6.45, 7) is 5.37. The van der Waals surface area contributed by atoms with Gasteiger partial charge in [0.1, 0.15) is 0 Å². The molecule has 190 valence electrons. The molecule has 1 aromatic heterocycles. The number of hydrogen-bond acceptors (Lipinski definition) is 4. The van der Waals surface area contributed by atoms with Crippen LogP contribution in [0, 0.1) is 0 Å². The van der Waals surface area contributed by atoms with Gasteiger partial charge in [-0.05, 0) is 66.2 Å². The number of benzene rings is 3. The highest BCUT2D eigenvalue weighted by Gasteiger charge is 2.26. The molecule has 2 aliphatic rings. The number of thiophene rings is 1. The molecule has 3 nitrogen and oxygen atoms in total. The number of halogens is 1. The Morgan fingerprint density at radius 3 is 2.30 bits per heavy atom. The fourth-order valence-electron chi connectivity index (χ4n) is 5.70. The zero-order chi connectivity index (χ0) is 25.2. The zero-order valence-corrected chi connectivity index (χ0v) is 22.6. The van der Waals surface area contributed by atoms with E-state index in [4.69, 9.17) is 11.6 Å². The quantitative estimate of drug-likeness (QED) is 0.266. The number of hydrogen-bond donors (Lipinski definition) is 1. The van der Waals surface area contributed by atoms with Crippen LogP contribution >= 0.6 is 22.9 Å². The fourth-order valence-corrected chi connectivity index (χ4v) is 7.22. The lowest BCUT2D eigenvalue weighted by Crippen LogP contribution is -2.31. The first-order valence-corrected chi connectivity index (χ1v) is 14.5. The molecule has 3 heterocycles. The Morgan fingerprint density at radius 1 is 0.838 bits per heavy atom. The van der Waals surface area contributed by atoms with Gasteiger partial charge in [-0.1, -0.05) is 84.4 Å². The first-order valence-electron chi connectivity index (χ1n) is 13.3. The normalized spacial score (nSPS) is 19.0. The van der Waals surface area contributed by atoms with Crippen molar-refractivity contribution in [1.29, 1.82) is 0 Å². The Balaban J connectivity index is 1.31. The second-order valence-electron chi connectivity index (χ2n) is 10.3. The number of aliphatic hydroxyl groups is 1. The van der Waals surface area contributed by atoms with Crippen molar-refractivity contribution in [2.75, 3.05) is 19.6 Å². The van der Waals surface area contributed by atoms with Crippen LogP contribution in [0.3, 0.4) is 0 Å². The average Bonchev–Trinajstić information content (AvgIpc) is 3.57. The molecule has 2 aliphatic heterocycles. The third-order valence-corrected chi connectivity index (χ3v) is 9.50. The van der Waals surface area contributed by atoms with Crippen LogP contribution in [-0.4, -0.2) is 34.5 Å². The summed E-state index contributed by atoms with van der Waals surface area (Å²) in [7, 11) is 0. The Bertz CT molecular complexity index is 1390. The first kappa shape index (κ1) is 24.8. The standard InChI is InChI=1S/C32H33ClN2OS/c33-32-28-5-1-2-6-30(28)37-31(32)21-35-18-15-27(25-11-9-24(22-36)10-12-25)19-29(35)26-13-7-23(8-14-26)20-34-16-3-4-17-34/h1-2,5-14,19,29,36H,3-4,15-18,20-22H2. The molecule has 0 saturated carbocycles. The largest absolute Gasteiger partial charge is 0.392 e. The molecule has 1 fully saturated rings. The predicted molar refractivity (Wildman–Crippen MR) is 156 cm³/mol. The van der Waals surface area contributed by atoms with Crippen molar-refractivity contribution in [1.82, 2.24) is 9.80 Å². The summed E-state index contributed by atoms with van der Waals surface area (Å²) in [4.78, 5) is 6.36. The van der Waals surface area contributed by atoms with Gasteiger partial charge in [0.2, 0.25) is 0 Å². The van der Waals surface area contributed by atoms with Crippen LogP contribution < -0.4 is 0 Å². The van der Waals surface area contributed by atoms with E-state index in [1.807, 2.05) is 23.5 Å². The summed E-state index contributed by atoms with van der Waals surface area (Å²) in [5, 5.41) is 11.5. The minimum absolute atomic E-state index is 0.0788. The number of aliphatic hydroxyl groups excluding tert-OH is 1. The molecule has 1 N–H and O–H groups in total. The maximum absolute atomic E-state index is 9.46. The molecule has 0 spiro atoms. The van der Waals surface area contributed by atoms with Crippen LogP contribution in [0.15, 0.2) is 78.9 Å². The molecule has 1 unspecified atom stereocenters. The Morgan fingerprint density at radius 2 is 1.57 bits per heavy atom. The molecule has 4 aromatic rings. The van der Waals surface area contributed by atoms with Crippen molar-refractivity contribution in [3.05, 3.63) is 111 Å². The van der Waals surface area contributed by atoms with E-state index in [0.29, 0.717) is 0 Å². The molecule has 3 aromatic carbocycles. The second-order valence-corrected chi connectivity index (χ2v) is 11.8. The van der Waals surface area contributed by atoms with Crippen molar-refractivity contribution in [2.45, 2.75) is 45.0 Å². The second kappa shape index (κ2) is 11.1. The van der Waals surface area contributed by atoms with Gasteiger partial charge >= 0.3 is 0 Å². The van der Waals surface area contributed by atoms with Gasteiger partial charge < -0.3 is 5.11 Å². The lowest BCUT2D eigenvalue weighted by atomic mass is 9.91. The van der Waals surface area contributed by atoms with E-state index in [1.54, 1.807) is 0 Å². The Labute approximate surface area is 228 Å². The highest BCUT2D eigenvalue weighted by Crippen LogP contribution is 2.40. The summed E-state index contributed by atoms with van der Waals surface area (Å²) < 4.78 is 1.25. The molecule has 0 amide bonds. The summed E-state index contributed by atoms with van der Waals surface area (Å²) >= 11 is 8.68. The zero-order valence-electron chi connectivity index (χ0n) is 21.1. The van der Waals surface area contributed by atoms with Gasteiger partial charge in [-0.2, -0.15) is 0 Å². The number of fused-ring (bicyclic) bond motifs is 1. The number of nitrogens with zero attached hydrogens (tertiary/aromatic N) is 2. The average molecular weight is 529 g/mol. The van der Waals surface area contributed by atoms with Gasteiger partial charge in [-0.15, -0.1) is 11.3 Å². The van der Waals surface area contributed by atoms with Crippen LogP contribution in [0.5, 0.6) is 0 Å². The maximum Gasteiger partial charge on any atom is 0.0681 e. The minimum atomic E-state index is 0.0788. The van der Waals surface area contributed by atoms with E-state index in [2.05, 4.69) is 76.5 Å². The van der Waals surface area contributed by atoms with E-state index in [1.165, 1.54) is 57.8 Å². The molecule has 0 aliphatic carbocycles. The van der Waals surface area contributed by atoms with Crippen molar-refractivity contribution >= 4 is 38.6 Å². The third kappa shape index (κ3) is 5.41. The van der Waals surface area contributed by atoms with Crippen LogP contribution in [0.4, 0.5) is 0 Å². The van der Waals surface area contributed by atoms with Gasteiger partial charge in [0.15, 0.2) is 0 Å². The molecular weight excluding hydrogens is 496 g/mol. The molecule has 0 radical (unpaired) electrons. The van der Waals surface area contributed by atoms with Crippen LogP contribution in [0.2, 0.25) is 5.02 Å². The molecule has 1 atom stereocenters. The number of rotatable bonds is 7. The molecule has 1 saturated heterocycles. The molecule has 6 rings (SSSR count). The molecule has 37 heavy (non-hydrogen) atoms.